The Labute approximate surface area is 196 Å². The number of unbranched alkanes of at least 4 members (excludes halogenated alkanes) is 7. The fourth-order valence-corrected chi connectivity index (χ4v) is 3.60. The van der Waals surface area contributed by atoms with Gasteiger partial charge in [0.15, 0.2) is 0 Å². The van der Waals surface area contributed by atoms with Gasteiger partial charge in [-0.25, -0.2) is 0 Å². The van der Waals surface area contributed by atoms with Crippen molar-refractivity contribution in [1.82, 2.24) is 0 Å². The van der Waals surface area contributed by atoms with Crippen LogP contribution in [0.3, 0.4) is 0 Å². The average molecular weight is 429 g/mol. The molecule has 2 rings (SSSR count). The van der Waals surface area contributed by atoms with E-state index in [1.54, 1.807) is 12.1 Å². The normalized spacial score (nSPS) is 11.1. The molecule has 0 saturated heterocycles. The van der Waals surface area contributed by atoms with Crippen molar-refractivity contribution in [3.8, 4) is 17.2 Å². The van der Waals surface area contributed by atoms with Gasteiger partial charge in [-0.3, -0.25) is 4.55 Å². The summed E-state index contributed by atoms with van der Waals surface area (Å²) in [6.07, 6.45) is 10.8. The first-order valence-electron chi connectivity index (χ1n) is 9.95. The zero-order chi connectivity index (χ0) is 20.4. The molecular formula is C22H29NaO5S. The molecule has 0 unspecified atom stereocenters. The number of hydrogen-bond acceptors (Lipinski definition) is 4. The Kier molecular flexibility index (Phi) is 11.9. The second-order valence-electron chi connectivity index (χ2n) is 7.06. The first kappa shape index (κ1) is 26.0. The monoisotopic (exact) mass is 428 g/mol. The largest absolute Gasteiger partial charge is 1.00 e. The van der Waals surface area contributed by atoms with Crippen molar-refractivity contribution in [2.45, 2.75) is 69.6 Å². The molecule has 0 atom stereocenters. The predicted octanol–water partition coefficient (Wildman–Crippen LogP) is 2.49. The number of ether oxygens (including phenoxy) is 1. The molecule has 7 heteroatoms. The Balaban J connectivity index is 0.00000420. The molecule has 0 saturated carbocycles. The summed E-state index contributed by atoms with van der Waals surface area (Å²) in [5, 5.41) is 12.3. The number of benzene rings is 2. The van der Waals surface area contributed by atoms with Crippen LogP contribution in [0.1, 0.15) is 63.9 Å². The van der Waals surface area contributed by atoms with Crippen LogP contribution in [-0.4, -0.2) is 13.0 Å². The van der Waals surface area contributed by atoms with Crippen molar-refractivity contribution in [1.29, 1.82) is 0 Å². The van der Waals surface area contributed by atoms with Gasteiger partial charge in [0.2, 0.25) is 0 Å². The van der Waals surface area contributed by atoms with Crippen LogP contribution >= 0.6 is 0 Å². The summed E-state index contributed by atoms with van der Waals surface area (Å²) >= 11 is 0. The second-order valence-corrected chi connectivity index (χ2v) is 8.48. The summed E-state index contributed by atoms with van der Waals surface area (Å²) in [5.41, 5.74) is 0.981. The van der Waals surface area contributed by atoms with Crippen molar-refractivity contribution in [2.24, 2.45) is 0 Å². The van der Waals surface area contributed by atoms with Gasteiger partial charge < -0.3 is 9.84 Å². The second kappa shape index (κ2) is 13.3. The molecule has 0 aromatic heterocycles. The molecule has 0 spiro atoms. The third-order valence-corrected chi connectivity index (χ3v) is 5.51. The van der Waals surface area contributed by atoms with Crippen LogP contribution in [0.5, 0.6) is 17.2 Å². The van der Waals surface area contributed by atoms with Crippen LogP contribution < -0.4 is 39.4 Å². The van der Waals surface area contributed by atoms with E-state index in [-0.39, 0.29) is 51.7 Å². The van der Waals surface area contributed by atoms with Gasteiger partial charge >= 0.3 is 29.6 Å². The minimum absolute atomic E-state index is 0. The summed E-state index contributed by atoms with van der Waals surface area (Å²) in [6, 6.07) is 10.5. The Morgan fingerprint density at radius 3 is 2.21 bits per heavy atom. The van der Waals surface area contributed by atoms with E-state index in [4.69, 9.17) is 9.29 Å². The molecule has 0 aliphatic rings. The summed E-state index contributed by atoms with van der Waals surface area (Å²) in [7, 11) is -4.31. The van der Waals surface area contributed by atoms with Crippen molar-refractivity contribution in [3.63, 3.8) is 0 Å². The van der Waals surface area contributed by atoms with E-state index in [2.05, 4.69) is 6.92 Å². The van der Waals surface area contributed by atoms with Gasteiger partial charge in [-0.15, -0.1) is 0 Å². The first-order valence-corrected chi connectivity index (χ1v) is 11.4. The molecular weight excluding hydrogens is 399 g/mol. The number of rotatable bonds is 12. The Morgan fingerprint density at radius 1 is 0.931 bits per heavy atom. The van der Waals surface area contributed by atoms with E-state index in [1.807, 2.05) is 6.07 Å². The Bertz CT molecular complexity index is 852. The van der Waals surface area contributed by atoms with Crippen molar-refractivity contribution >= 4 is 10.1 Å². The van der Waals surface area contributed by atoms with Gasteiger partial charge in [-0.1, -0.05) is 75.8 Å². The SMILES string of the molecule is CCCCCCCCCCc1ccc(Oc2cccc(S(=O)(=O)O)c2)c([O-])c1.[Na+]. The van der Waals surface area contributed by atoms with Gasteiger partial charge in [0.25, 0.3) is 10.1 Å². The molecule has 29 heavy (non-hydrogen) atoms. The molecule has 0 radical (unpaired) electrons. The Hall–Kier alpha value is -1.05. The van der Waals surface area contributed by atoms with Crippen molar-refractivity contribution < 1.29 is 52.4 Å². The third-order valence-electron chi connectivity index (χ3n) is 4.66. The molecule has 0 bridgehead atoms. The third kappa shape index (κ3) is 9.53. The van der Waals surface area contributed by atoms with Gasteiger partial charge in [0.05, 0.1) is 4.90 Å². The fourth-order valence-electron chi connectivity index (χ4n) is 3.08. The fraction of sp³-hybridized carbons (Fsp3) is 0.455. The van der Waals surface area contributed by atoms with E-state index in [0.717, 1.165) is 18.4 Å². The van der Waals surface area contributed by atoms with Crippen LogP contribution in [0.4, 0.5) is 0 Å². The van der Waals surface area contributed by atoms with Gasteiger partial charge in [-0.2, -0.15) is 8.42 Å². The minimum atomic E-state index is -4.31. The van der Waals surface area contributed by atoms with E-state index in [9.17, 15) is 13.5 Å². The maximum atomic E-state index is 12.3. The van der Waals surface area contributed by atoms with E-state index < -0.39 is 10.1 Å². The maximum absolute atomic E-state index is 12.3. The van der Waals surface area contributed by atoms with Crippen molar-refractivity contribution in [2.75, 3.05) is 0 Å². The molecule has 0 aliphatic carbocycles. The zero-order valence-electron chi connectivity index (χ0n) is 17.4. The molecule has 2 aromatic rings. The van der Waals surface area contributed by atoms with Crippen LogP contribution in [0, 0.1) is 0 Å². The molecule has 0 heterocycles. The maximum Gasteiger partial charge on any atom is 1.00 e. The van der Waals surface area contributed by atoms with Crippen LogP contribution in [0.25, 0.3) is 0 Å². The summed E-state index contributed by atoms with van der Waals surface area (Å²) in [6.45, 7) is 2.22. The minimum Gasteiger partial charge on any atom is -0.870 e. The molecule has 0 fully saturated rings. The van der Waals surface area contributed by atoms with Gasteiger partial charge in [0, 0.05) is 6.07 Å². The molecule has 1 N–H and O–H groups in total. The van der Waals surface area contributed by atoms with E-state index in [0.29, 0.717) is 0 Å². The Morgan fingerprint density at radius 2 is 1.59 bits per heavy atom. The molecule has 5 nitrogen and oxygen atoms in total. The van der Waals surface area contributed by atoms with Crippen LogP contribution in [-0.2, 0) is 16.5 Å². The zero-order valence-corrected chi connectivity index (χ0v) is 20.2. The van der Waals surface area contributed by atoms with Gasteiger partial charge in [0.1, 0.15) is 11.5 Å². The molecule has 2 aromatic carbocycles. The smallest absolute Gasteiger partial charge is 0.870 e. The van der Waals surface area contributed by atoms with Gasteiger partial charge in [-0.05, 0) is 36.6 Å². The van der Waals surface area contributed by atoms with E-state index in [1.165, 1.54) is 69.2 Å². The quantitative estimate of drug-likeness (QED) is 0.319. The number of aryl methyl sites for hydroxylation is 1. The topological polar surface area (TPSA) is 86.7 Å². The molecule has 154 valence electrons. The predicted molar refractivity (Wildman–Crippen MR) is 109 cm³/mol. The summed E-state index contributed by atoms with van der Waals surface area (Å²) in [5.74, 6) is 0.0736. The first-order chi connectivity index (χ1) is 13.4. The van der Waals surface area contributed by atoms with Crippen LogP contribution in [0.2, 0.25) is 0 Å². The molecule has 0 aliphatic heterocycles. The average Bonchev–Trinajstić information content (AvgIpc) is 2.65. The van der Waals surface area contributed by atoms with Crippen molar-refractivity contribution in [3.05, 3.63) is 48.0 Å². The molecule has 0 amide bonds. The number of hydrogen-bond donors (Lipinski definition) is 1. The van der Waals surface area contributed by atoms with Crippen LogP contribution in [0.15, 0.2) is 47.4 Å². The summed E-state index contributed by atoms with van der Waals surface area (Å²) < 4.78 is 37.0. The standard InChI is InChI=1S/C22H30O5S.Na/c1-2-3-4-5-6-7-8-9-11-18-14-15-22(21(23)16-18)27-19-12-10-13-20(17-19)28(24,25)26;/h10,12-17,23H,2-9,11H2,1H3,(H,24,25,26);/q;+1/p-1. The summed E-state index contributed by atoms with van der Waals surface area (Å²) in [4.78, 5) is -0.274. The van der Waals surface area contributed by atoms with E-state index >= 15 is 0 Å².